The van der Waals surface area contributed by atoms with Crippen molar-refractivity contribution in [1.29, 1.82) is 0 Å². The maximum absolute atomic E-state index is 12.5. The minimum Gasteiger partial charge on any atom is -0.456 e. The molecular formula is C17H16BrNO5S2. The van der Waals surface area contributed by atoms with Crippen LogP contribution in [0.2, 0.25) is 0 Å². The van der Waals surface area contributed by atoms with E-state index in [1.165, 1.54) is 11.3 Å². The molecule has 0 N–H and O–H groups in total. The van der Waals surface area contributed by atoms with Crippen LogP contribution in [0.15, 0.2) is 40.2 Å². The minimum atomic E-state index is -3.61. The SMILES string of the molecule is CS(=O)(=O)N1Cc2ccccc2C[C@@H]1C(=O)OCC(=O)c1ccc(Br)s1. The third kappa shape index (κ3) is 4.22. The van der Waals surface area contributed by atoms with Gasteiger partial charge in [0.2, 0.25) is 15.8 Å². The van der Waals surface area contributed by atoms with E-state index in [1.807, 2.05) is 24.3 Å². The van der Waals surface area contributed by atoms with E-state index in [2.05, 4.69) is 15.9 Å². The summed E-state index contributed by atoms with van der Waals surface area (Å²) in [6, 6.07) is 9.79. The summed E-state index contributed by atoms with van der Waals surface area (Å²) in [6.45, 7) is -0.303. The number of rotatable bonds is 5. The van der Waals surface area contributed by atoms with Gasteiger partial charge in [0.25, 0.3) is 0 Å². The number of nitrogens with zero attached hydrogens (tertiary/aromatic N) is 1. The molecule has 26 heavy (non-hydrogen) atoms. The number of Topliss-reactive ketones (excluding diaryl/α,β-unsaturated/α-hetero) is 1. The molecule has 2 aromatic rings. The molecule has 0 fully saturated rings. The number of thiophene rings is 1. The number of carbonyl (C=O) groups is 2. The largest absolute Gasteiger partial charge is 0.456 e. The van der Waals surface area contributed by atoms with Crippen LogP contribution < -0.4 is 0 Å². The number of carbonyl (C=O) groups excluding carboxylic acids is 2. The van der Waals surface area contributed by atoms with E-state index in [0.717, 1.165) is 25.5 Å². The number of sulfonamides is 1. The van der Waals surface area contributed by atoms with Gasteiger partial charge >= 0.3 is 5.97 Å². The Balaban J connectivity index is 1.75. The van der Waals surface area contributed by atoms with Crippen LogP contribution >= 0.6 is 27.3 Å². The average Bonchev–Trinajstić information content (AvgIpc) is 3.04. The Kier molecular flexibility index (Phi) is 5.61. The molecule has 1 aromatic heterocycles. The van der Waals surface area contributed by atoms with E-state index in [1.54, 1.807) is 12.1 Å². The number of esters is 1. The summed E-state index contributed by atoms with van der Waals surface area (Å²) in [4.78, 5) is 25.1. The molecule has 0 amide bonds. The van der Waals surface area contributed by atoms with Crippen molar-refractivity contribution in [3.8, 4) is 0 Å². The average molecular weight is 458 g/mol. The summed E-state index contributed by atoms with van der Waals surface area (Å²) in [7, 11) is -3.61. The molecule has 1 aromatic carbocycles. The molecule has 1 atom stereocenters. The van der Waals surface area contributed by atoms with Crippen molar-refractivity contribution in [2.45, 2.75) is 19.0 Å². The lowest BCUT2D eigenvalue weighted by atomic mass is 9.96. The minimum absolute atomic E-state index is 0.112. The van der Waals surface area contributed by atoms with E-state index < -0.39 is 28.6 Å². The molecule has 0 spiro atoms. The Labute approximate surface area is 164 Å². The predicted molar refractivity (Wildman–Crippen MR) is 102 cm³/mol. The first-order valence-corrected chi connectivity index (χ1v) is 11.2. The Morgan fingerprint density at radius 3 is 2.54 bits per heavy atom. The number of ketones is 1. The zero-order chi connectivity index (χ0) is 18.9. The first kappa shape index (κ1) is 19.2. The first-order chi connectivity index (χ1) is 12.3. The van der Waals surface area contributed by atoms with Crippen molar-refractivity contribution >= 4 is 49.0 Å². The number of ether oxygens (including phenoxy) is 1. The van der Waals surface area contributed by atoms with Gasteiger partial charge in [0.15, 0.2) is 6.61 Å². The molecular weight excluding hydrogens is 442 g/mol. The van der Waals surface area contributed by atoms with E-state index in [9.17, 15) is 18.0 Å². The molecule has 0 saturated carbocycles. The third-order valence-corrected chi connectivity index (χ3v) is 7.00. The highest BCUT2D eigenvalue weighted by Crippen LogP contribution is 2.26. The van der Waals surface area contributed by atoms with Gasteiger partial charge in [-0.25, -0.2) is 8.42 Å². The van der Waals surface area contributed by atoms with Crippen molar-refractivity contribution in [3.05, 3.63) is 56.2 Å². The zero-order valence-corrected chi connectivity index (χ0v) is 17.1. The normalized spacial score (nSPS) is 17.5. The standard InChI is InChI=1S/C17H16BrNO5S2/c1-26(22,23)19-9-12-5-3-2-4-11(12)8-13(19)17(21)24-10-14(20)15-6-7-16(18)25-15/h2-7,13H,8-10H2,1H3/t13-/m1/s1. The number of hydrogen-bond donors (Lipinski definition) is 0. The van der Waals surface area contributed by atoms with Crippen molar-refractivity contribution in [3.63, 3.8) is 0 Å². The second-order valence-corrected chi connectivity index (χ2v) is 10.3. The molecule has 0 unspecified atom stereocenters. The van der Waals surface area contributed by atoms with E-state index in [0.29, 0.717) is 4.88 Å². The zero-order valence-electron chi connectivity index (χ0n) is 13.8. The fourth-order valence-electron chi connectivity index (χ4n) is 2.82. The van der Waals surface area contributed by atoms with Gasteiger partial charge in [-0.3, -0.25) is 9.59 Å². The highest BCUT2D eigenvalue weighted by atomic mass is 79.9. The molecule has 0 bridgehead atoms. The molecule has 138 valence electrons. The quantitative estimate of drug-likeness (QED) is 0.509. The Morgan fingerprint density at radius 2 is 1.92 bits per heavy atom. The van der Waals surface area contributed by atoms with Crippen molar-refractivity contribution < 1.29 is 22.7 Å². The van der Waals surface area contributed by atoms with E-state index >= 15 is 0 Å². The topological polar surface area (TPSA) is 80.8 Å². The van der Waals surface area contributed by atoms with Crippen LogP contribution in [0.5, 0.6) is 0 Å². The van der Waals surface area contributed by atoms with Crippen LogP contribution in [0, 0.1) is 0 Å². The number of hydrogen-bond acceptors (Lipinski definition) is 6. The molecule has 6 nitrogen and oxygen atoms in total. The fraction of sp³-hybridized carbons (Fsp3) is 0.294. The highest BCUT2D eigenvalue weighted by molar-refractivity contribution is 9.11. The fourth-order valence-corrected chi connectivity index (χ4v) is 5.12. The molecule has 3 rings (SSSR count). The van der Waals surface area contributed by atoms with Crippen molar-refractivity contribution in [2.75, 3.05) is 12.9 Å². The predicted octanol–water partition coefficient (Wildman–Crippen LogP) is 2.62. The molecule has 1 aliphatic heterocycles. The highest BCUT2D eigenvalue weighted by Gasteiger charge is 2.38. The van der Waals surface area contributed by atoms with Crippen LogP contribution in [0.3, 0.4) is 0 Å². The maximum atomic E-state index is 12.5. The molecule has 0 saturated heterocycles. The maximum Gasteiger partial charge on any atom is 0.325 e. The molecule has 1 aliphatic rings. The Bertz CT molecular complexity index is 954. The monoisotopic (exact) mass is 457 g/mol. The summed E-state index contributed by atoms with van der Waals surface area (Å²) in [5.74, 6) is -1.04. The summed E-state index contributed by atoms with van der Waals surface area (Å²) >= 11 is 4.52. The van der Waals surface area contributed by atoms with Gasteiger partial charge in [0.1, 0.15) is 6.04 Å². The lowest BCUT2D eigenvalue weighted by Crippen LogP contribution is -2.49. The summed E-state index contributed by atoms with van der Waals surface area (Å²) in [6.07, 6.45) is 1.29. The van der Waals surface area contributed by atoms with Crippen molar-refractivity contribution in [1.82, 2.24) is 4.31 Å². The number of fused-ring (bicyclic) bond motifs is 1. The molecule has 2 heterocycles. The van der Waals surface area contributed by atoms with E-state index in [-0.39, 0.29) is 18.7 Å². The first-order valence-electron chi connectivity index (χ1n) is 7.74. The van der Waals surface area contributed by atoms with Gasteiger partial charge in [-0.05, 0) is 39.2 Å². The van der Waals surface area contributed by atoms with Crippen LogP contribution in [-0.4, -0.2) is 43.4 Å². The van der Waals surface area contributed by atoms with Crippen LogP contribution in [0.1, 0.15) is 20.8 Å². The van der Waals surface area contributed by atoms with Crippen LogP contribution in [0.4, 0.5) is 0 Å². The Morgan fingerprint density at radius 1 is 1.23 bits per heavy atom. The van der Waals surface area contributed by atoms with Gasteiger partial charge in [0, 0.05) is 13.0 Å². The summed E-state index contributed by atoms with van der Waals surface area (Å²) < 4.78 is 31.3. The Hall–Kier alpha value is -1.55. The van der Waals surface area contributed by atoms with Gasteiger partial charge in [-0.1, -0.05) is 24.3 Å². The second-order valence-electron chi connectivity index (χ2n) is 5.93. The molecule has 0 aliphatic carbocycles. The van der Waals surface area contributed by atoms with Crippen LogP contribution in [0.25, 0.3) is 0 Å². The molecule has 9 heteroatoms. The van der Waals surface area contributed by atoms with Gasteiger partial charge < -0.3 is 4.74 Å². The van der Waals surface area contributed by atoms with Crippen LogP contribution in [-0.2, 0) is 32.5 Å². The van der Waals surface area contributed by atoms with Crippen molar-refractivity contribution in [2.24, 2.45) is 0 Å². The summed E-state index contributed by atoms with van der Waals surface area (Å²) in [5.41, 5.74) is 1.77. The van der Waals surface area contributed by atoms with Gasteiger partial charge in [-0.15, -0.1) is 11.3 Å². The third-order valence-electron chi connectivity index (χ3n) is 4.10. The second kappa shape index (κ2) is 7.59. The lowest BCUT2D eigenvalue weighted by molar-refractivity contribution is -0.147. The number of halogens is 1. The smallest absolute Gasteiger partial charge is 0.325 e. The van der Waals surface area contributed by atoms with E-state index in [4.69, 9.17) is 4.74 Å². The van der Waals surface area contributed by atoms with Gasteiger partial charge in [0.05, 0.1) is 14.9 Å². The number of benzene rings is 1. The molecule has 0 radical (unpaired) electrons. The summed E-state index contributed by atoms with van der Waals surface area (Å²) in [5, 5.41) is 0. The lowest BCUT2D eigenvalue weighted by Gasteiger charge is -2.33. The van der Waals surface area contributed by atoms with Gasteiger partial charge in [-0.2, -0.15) is 4.31 Å².